The van der Waals surface area contributed by atoms with Gasteiger partial charge in [0.05, 0.1) is 12.2 Å². The third-order valence-corrected chi connectivity index (χ3v) is 6.30. The van der Waals surface area contributed by atoms with Crippen molar-refractivity contribution in [3.8, 4) is 28.7 Å². The van der Waals surface area contributed by atoms with E-state index in [9.17, 15) is 35.7 Å². The lowest BCUT2D eigenvalue weighted by Gasteiger charge is -2.28. The first kappa shape index (κ1) is 24.9. The van der Waals surface area contributed by atoms with E-state index in [1.54, 1.807) is 12.1 Å². The Kier molecular flexibility index (Phi) is 8.62. The molecule has 2 fully saturated rings. The van der Waals surface area contributed by atoms with Crippen LogP contribution in [0.4, 0.5) is 0 Å². The van der Waals surface area contributed by atoms with Gasteiger partial charge in [-0.05, 0) is 57.0 Å². The first-order valence-electron chi connectivity index (χ1n) is 11.4. The van der Waals surface area contributed by atoms with Gasteiger partial charge in [0.1, 0.15) is 0 Å². The Hall–Kier alpha value is -2.72. The zero-order valence-corrected chi connectivity index (χ0v) is 18.5. The number of phenols is 5. The summed E-state index contributed by atoms with van der Waals surface area (Å²) in [7, 11) is 0. The normalized spacial score (nSPS) is 22.6. The maximum Gasteiger partial charge on any atom is 0.200 e. The fourth-order valence-corrected chi connectivity index (χ4v) is 4.34. The maximum absolute atomic E-state index is 10.1. The number of aromatic hydroxyl groups is 5. The van der Waals surface area contributed by atoms with Crippen LogP contribution in [-0.2, 0) is 0 Å². The van der Waals surface area contributed by atoms with Gasteiger partial charge < -0.3 is 46.4 Å². The smallest absolute Gasteiger partial charge is 0.200 e. The zero-order chi connectivity index (χ0) is 24.0. The van der Waals surface area contributed by atoms with Gasteiger partial charge >= 0.3 is 0 Å². The lowest BCUT2D eigenvalue weighted by atomic mass is 9.94. The fraction of sp³-hybridized carbons (Fsp3) is 0.500. The van der Waals surface area contributed by atoms with Crippen LogP contribution in [0.15, 0.2) is 30.3 Å². The van der Waals surface area contributed by atoms with Crippen molar-refractivity contribution in [1.82, 2.24) is 10.6 Å². The van der Waals surface area contributed by atoms with E-state index in [0.717, 1.165) is 51.6 Å². The molecule has 33 heavy (non-hydrogen) atoms. The molecule has 4 atom stereocenters. The van der Waals surface area contributed by atoms with Gasteiger partial charge in [0.2, 0.25) is 5.75 Å². The number of rotatable bonds is 4. The topological polar surface area (TPSA) is 166 Å². The number of phenolic OH excluding ortho intramolecular Hbond substituents is 5. The molecule has 0 saturated carbocycles. The molecule has 2 aromatic carbocycles. The van der Waals surface area contributed by atoms with Crippen LogP contribution in [0.2, 0.25) is 0 Å². The summed E-state index contributed by atoms with van der Waals surface area (Å²) in [6.45, 7) is 1.73. The number of aliphatic hydroxyl groups excluding tert-OH is 2. The quantitative estimate of drug-likeness (QED) is 0.310. The molecular formula is C24H34N2O7. The minimum Gasteiger partial charge on any atom is -0.504 e. The van der Waals surface area contributed by atoms with Crippen LogP contribution in [0.25, 0.3) is 0 Å². The number of benzene rings is 2. The zero-order valence-electron chi connectivity index (χ0n) is 18.5. The standard InChI is InChI=1S/C12H17NO4.C12H17NO3/c14-9-5-4-7(11(16)12(9)17)10(15)8-3-1-2-6-13-8;14-10-6-3-4-8(12(10)16)11(15)9-5-1-2-7-13-9/h4-5,8,10,13-17H,1-3,6H2;3-4,6,9,11,13-16H,1-2,5,7H2. The van der Waals surface area contributed by atoms with Crippen LogP contribution in [0.5, 0.6) is 28.7 Å². The molecule has 0 aliphatic carbocycles. The van der Waals surface area contributed by atoms with E-state index < -0.39 is 29.5 Å². The monoisotopic (exact) mass is 462 g/mol. The molecule has 0 bridgehead atoms. The molecule has 2 aliphatic rings. The van der Waals surface area contributed by atoms with Gasteiger partial charge in [0.25, 0.3) is 0 Å². The molecule has 9 nitrogen and oxygen atoms in total. The van der Waals surface area contributed by atoms with E-state index in [0.29, 0.717) is 5.56 Å². The van der Waals surface area contributed by atoms with E-state index in [4.69, 9.17) is 0 Å². The average Bonchev–Trinajstić information content (AvgIpc) is 2.85. The highest BCUT2D eigenvalue weighted by Crippen LogP contribution is 2.41. The van der Waals surface area contributed by atoms with Crippen molar-refractivity contribution in [3.63, 3.8) is 0 Å². The minimum atomic E-state index is -0.887. The van der Waals surface area contributed by atoms with Crippen molar-refractivity contribution in [1.29, 1.82) is 0 Å². The van der Waals surface area contributed by atoms with Gasteiger partial charge in [-0.2, -0.15) is 0 Å². The molecule has 2 aliphatic heterocycles. The molecule has 2 aromatic rings. The molecule has 4 unspecified atom stereocenters. The van der Waals surface area contributed by atoms with Crippen molar-refractivity contribution in [2.24, 2.45) is 0 Å². The van der Waals surface area contributed by atoms with Crippen molar-refractivity contribution in [2.75, 3.05) is 13.1 Å². The second-order valence-electron chi connectivity index (χ2n) is 8.59. The van der Waals surface area contributed by atoms with Crippen molar-refractivity contribution < 1.29 is 35.7 Å². The highest BCUT2D eigenvalue weighted by Gasteiger charge is 2.27. The summed E-state index contributed by atoms with van der Waals surface area (Å²) >= 11 is 0. The molecule has 0 aromatic heterocycles. The van der Waals surface area contributed by atoms with E-state index in [1.807, 2.05) is 0 Å². The predicted molar refractivity (Wildman–Crippen MR) is 122 cm³/mol. The summed E-state index contributed by atoms with van der Waals surface area (Å²) in [5, 5.41) is 74.0. The largest absolute Gasteiger partial charge is 0.504 e. The van der Waals surface area contributed by atoms with Gasteiger partial charge in [0, 0.05) is 23.2 Å². The summed E-state index contributed by atoms with van der Waals surface area (Å²) in [5.74, 6) is -1.84. The van der Waals surface area contributed by atoms with E-state index in [2.05, 4.69) is 10.6 Å². The number of para-hydroxylation sites is 1. The first-order chi connectivity index (χ1) is 15.8. The molecule has 0 amide bonds. The maximum atomic E-state index is 10.1. The van der Waals surface area contributed by atoms with Crippen LogP contribution in [0, 0.1) is 0 Å². The third kappa shape index (κ3) is 6.00. The Balaban J connectivity index is 0.000000186. The highest BCUT2D eigenvalue weighted by molar-refractivity contribution is 5.54. The predicted octanol–water partition coefficient (Wildman–Crippen LogP) is 2.25. The van der Waals surface area contributed by atoms with Gasteiger partial charge in [-0.15, -0.1) is 0 Å². The third-order valence-electron chi connectivity index (χ3n) is 6.30. The molecule has 0 radical (unpaired) electrons. The average molecular weight is 463 g/mol. The van der Waals surface area contributed by atoms with Crippen LogP contribution in [0.1, 0.15) is 61.9 Å². The molecule has 9 N–H and O–H groups in total. The first-order valence-corrected chi connectivity index (χ1v) is 11.4. The molecule has 0 spiro atoms. The Morgan fingerprint density at radius 3 is 1.64 bits per heavy atom. The van der Waals surface area contributed by atoms with E-state index in [-0.39, 0.29) is 29.1 Å². The van der Waals surface area contributed by atoms with Crippen molar-refractivity contribution in [3.05, 3.63) is 41.5 Å². The number of hydrogen-bond donors (Lipinski definition) is 9. The highest BCUT2D eigenvalue weighted by atomic mass is 16.3. The lowest BCUT2D eigenvalue weighted by molar-refractivity contribution is 0.110. The molecule has 2 heterocycles. The summed E-state index contributed by atoms with van der Waals surface area (Å²) < 4.78 is 0. The number of piperidine rings is 2. The summed E-state index contributed by atoms with van der Waals surface area (Å²) in [6.07, 6.45) is 4.35. The van der Waals surface area contributed by atoms with Crippen molar-refractivity contribution in [2.45, 2.75) is 62.8 Å². The number of nitrogens with one attached hydrogen (secondary N) is 2. The van der Waals surface area contributed by atoms with Gasteiger partial charge in [-0.3, -0.25) is 0 Å². The van der Waals surface area contributed by atoms with E-state index >= 15 is 0 Å². The molecule has 9 heteroatoms. The minimum absolute atomic E-state index is 0.0403. The fourth-order valence-electron chi connectivity index (χ4n) is 4.34. The Bertz CT molecular complexity index is 912. The van der Waals surface area contributed by atoms with Gasteiger partial charge in [0.15, 0.2) is 23.0 Å². The molecular weight excluding hydrogens is 428 g/mol. The summed E-state index contributed by atoms with van der Waals surface area (Å²) in [5.41, 5.74) is 0.624. The SMILES string of the molecule is Oc1ccc(C(O)C2CCCCN2)c(O)c1O.Oc1cccc(C(O)C2CCCCN2)c1O. The Morgan fingerprint density at radius 2 is 1.12 bits per heavy atom. The Labute approximate surface area is 193 Å². The van der Waals surface area contributed by atoms with E-state index in [1.165, 1.54) is 18.2 Å². The summed E-state index contributed by atoms with van der Waals surface area (Å²) in [6, 6.07) is 7.17. The number of hydrogen-bond acceptors (Lipinski definition) is 9. The Morgan fingerprint density at radius 1 is 0.606 bits per heavy atom. The van der Waals surface area contributed by atoms with Crippen LogP contribution < -0.4 is 10.6 Å². The molecule has 182 valence electrons. The lowest BCUT2D eigenvalue weighted by Crippen LogP contribution is -2.38. The van der Waals surface area contributed by atoms with Crippen molar-refractivity contribution >= 4 is 0 Å². The second kappa shape index (κ2) is 11.4. The van der Waals surface area contributed by atoms with Gasteiger partial charge in [-0.1, -0.05) is 25.0 Å². The molecule has 2 saturated heterocycles. The second-order valence-corrected chi connectivity index (χ2v) is 8.59. The molecule has 4 rings (SSSR count). The summed E-state index contributed by atoms with van der Waals surface area (Å²) in [4.78, 5) is 0. The van der Waals surface area contributed by atoms with Crippen LogP contribution in [-0.4, -0.2) is 60.9 Å². The number of aliphatic hydroxyl groups is 2. The van der Waals surface area contributed by atoms with Crippen LogP contribution in [0.3, 0.4) is 0 Å². The van der Waals surface area contributed by atoms with Crippen LogP contribution >= 0.6 is 0 Å². The van der Waals surface area contributed by atoms with Gasteiger partial charge in [-0.25, -0.2) is 0 Å².